The Morgan fingerprint density at radius 3 is 2.35 bits per heavy atom. The van der Waals surface area contributed by atoms with Crippen molar-refractivity contribution in [2.75, 3.05) is 32.7 Å². The number of urea groups is 1. The average Bonchev–Trinajstić information content (AvgIpc) is 3.18. The lowest BCUT2D eigenvalue weighted by atomic mass is 10.3. The Labute approximate surface area is 121 Å². The summed E-state index contributed by atoms with van der Waals surface area (Å²) in [6.45, 7) is 9.12. The second kappa shape index (κ2) is 8.09. The minimum atomic E-state index is -0.961. The first-order valence-corrected chi connectivity index (χ1v) is 7.45. The van der Waals surface area contributed by atoms with Crippen molar-refractivity contribution in [1.29, 1.82) is 0 Å². The zero-order chi connectivity index (χ0) is 15.1. The van der Waals surface area contributed by atoms with E-state index in [1.54, 1.807) is 0 Å². The van der Waals surface area contributed by atoms with Crippen LogP contribution in [0.15, 0.2) is 0 Å². The summed E-state index contributed by atoms with van der Waals surface area (Å²) in [7, 11) is 0. The molecule has 6 nitrogen and oxygen atoms in total. The van der Waals surface area contributed by atoms with Gasteiger partial charge in [-0.1, -0.05) is 13.8 Å². The molecule has 1 fully saturated rings. The smallest absolute Gasteiger partial charge is 0.323 e. The van der Waals surface area contributed by atoms with E-state index in [4.69, 9.17) is 5.11 Å². The van der Waals surface area contributed by atoms with Gasteiger partial charge in [-0.25, -0.2) is 4.79 Å². The number of carboxylic acids is 1. The van der Waals surface area contributed by atoms with Crippen molar-refractivity contribution in [1.82, 2.24) is 15.1 Å². The highest BCUT2D eigenvalue weighted by Crippen LogP contribution is 2.29. The van der Waals surface area contributed by atoms with Crippen molar-refractivity contribution in [3.63, 3.8) is 0 Å². The number of aliphatic carboxylic acids is 1. The Hall–Kier alpha value is -1.30. The molecule has 1 saturated carbocycles. The number of carboxylic acid groups (broad SMARTS) is 1. The lowest BCUT2D eigenvalue weighted by Crippen LogP contribution is -2.49. The molecule has 116 valence electrons. The Kier molecular flexibility index (Phi) is 6.78. The molecule has 0 aromatic carbocycles. The highest BCUT2D eigenvalue weighted by atomic mass is 16.4. The maximum Gasteiger partial charge on any atom is 0.323 e. The van der Waals surface area contributed by atoms with Gasteiger partial charge in [-0.2, -0.15) is 0 Å². The molecule has 2 amide bonds. The van der Waals surface area contributed by atoms with E-state index in [1.165, 1.54) is 4.90 Å². The van der Waals surface area contributed by atoms with Crippen molar-refractivity contribution in [2.24, 2.45) is 5.92 Å². The third kappa shape index (κ3) is 6.23. The van der Waals surface area contributed by atoms with Crippen molar-refractivity contribution < 1.29 is 14.7 Å². The SMILES string of the molecule is CCN(CC)CC(C)NC(=O)N(CC(=O)O)CC1CC1. The van der Waals surface area contributed by atoms with E-state index in [2.05, 4.69) is 24.1 Å². The molecule has 2 N–H and O–H groups in total. The lowest BCUT2D eigenvalue weighted by Gasteiger charge is -2.27. The third-order valence-electron chi connectivity index (χ3n) is 3.59. The van der Waals surface area contributed by atoms with E-state index < -0.39 is 5.97 Å². The lowest BCUT2D eigenvalue weighted by molar-refractivity contribution is -0.137. The molecule has 1 aliphatic carbocycles. The summed E-state index contributed by atoms with van der Waals surface area (Å²) in [5, 5.41) is 11.8. The quantitative estimate of drug-likeness (QED) is 0.668. The van der Waals surface area contributed by atoms with Crippen LogP contribution < -0.4 is 5.32 Å². The van der Waals surface area contributed by atoms with E-state index >= 15 is 0 Å². The fourth-order valence-corrected chi connectivity index (χ4v) is 2.21. The molecule has 0 saturated heterocycles. The first-order valence-electron chi connectivity index (χ1n) is 7.45. The number of nitrogens with one attached hydrogen (secondary N) is 1. The maximum atomic E-state index is 12.1. The van der Waals surface area contributed by atoms with Crippen LogP contribution >= 0.6 is 0 Å². The molecule has 0 heterocycles. The molecule has 0 aromatic rings. The van der Waals surface area contributed by atoms with Gasteiger partial charge in [-0.15, -0.1) is 0 Å². The number of carbonyl (C=O) groups is 2. The van der Waals surface area contributed by atoms with Crippen LogP contribution in [0.25, 0.3) is 0 Å². The second-order valence-electron chi connectivity index (χ2n) is 5.55. The number of carbonyl (C=O) groups excluding carboxylic acids is 1. The summed E-state index contributed by atoms with van der Waals surface area (Å²) in [6.07, 6.45) is 2.19. The molecule has 1 atom stereocenters. The summed E-state index contributed by atoms with van der Waals surface area (Å²) in [5.74, 6) is -0.476. The van der Waals surface area contributed by atoms with Gasteiger partial charge < -0.3 is 20.2 Å². The van der Waals surface area contributed by atoms with Crippen LogP contribution in [-0.2, 0) is 4.79 Å². The second-order valence-corrected chi connectivity index (χ2v) is 5.55. The van der Waals surface area contributed by atoms with Crippen molar-refractivity contribution in [3.05, 3.63) is 0 Å². The predicted molar refractivity (Wildman–Crippen MR) is 77.7 cm³/mol. The fourth-order valence-electron chi connectivity index (χ4n) is 2.21. The predicted octanol–water partition coefficient (Wildman–Crippen LogP) is 1.22. The number of likely N-dealkylation sites (N-methyl/N-ethyl adjacent to an activating group) is 1. The van der Waals surface area contributed by atoms with Gasteiger partial charge in [0.05, 0.1) is 0 Å². The topological polar surface area (TPSA) is 72.9 Å². The maximum absolute atomic E-state index is 12.1. The van der Waals surface area contributed by atoms with E-state index in [-0.39, 0.29) is 18.6 Å². The van der Waals surface area contributed by atoms with Crippen LogP contribution in [0.4, 0.5) is 4.79 Å². The minimum absolute atomic E-state index is 0.0119. The van der Waals surface area contributed by atoms with E-state index in [0.29, 0.717) is 12.5 Å². The molecule has 6 heteroatoms. The molecule has 1 aliphatic rings. The number of rotatable bonds is 9. The summed E-state index contributed by atoms with van der Waals surface area (Å²) in [6, 6.07) is -0.253. The molecule has 0 bridgehead atoms. The molecule has 1 unspecified atom stereocenters. The largest absolute Gasteiger partial charge is 0.480 e. The Morgan fingerprint density at radius 1 is 1.30 bits per heavy atom. The Morgan fingerprint density at radius 2 is 1.90 bits per heavy atom. The Balaban J connectivity index is 2.44. The van der Waals surface area contributed by atoms with E-state index in [9.17, 15) is 9.59 Å². The fraction of sp³-hybridized carbons (Fsp3) is 0.857. The first kappa shape index (κ1) is 16.8. The van der Waals surface area contributed by atoms with Crippen molar-refractivity contribution in [3.8, 4) is 0 Å². The molecule has 1 rings (SSSR count). The molecular formula is C14H27N3O3. The van der Waals surface area contributed by atoms with Gasteiger partial charge in [0.25, 0.3) is 0 Å². The van der Waals surface area contributed by atoms with Crippen molar-refractivity contribution in [2.45, 2.75) is 39.7 Å². The molecule has 20 heavy (non-hydrogen) atoms. The summed E-state index contributed by atoms with van der Waals surface area (Å²) in [5.41, 5.74) is 0. The Bertz CT molecular complexity index is 328. The summed E-state index contributed by atoms with van der Waals surface area (Å²) >= 11 is 0. The van der Waals surface area contributed by atoms with E-state index in [1.807, 2.05) is 6.92 Å². The van der Waals surface area contributed by atoms with Gasteiger partial charge in [0, 0.05) is 19.1 Å². The zero-order valence-electron chi connectivity index (χ0n) is 12.8. The van der Waals surface area contributed by atoms with Gasteiger partial charge >= 0.3 is 12.0 Å². The normalized spacial score (nSPS) is 16.0. The van der Waals surface area contributed by atoms with Gasteiger partial charge in [0.1, 0.15) is 6.54 Å². The van der Waals surface area contributed by atoms with Crippen LogP contribution in [0.3, 0.4) is 0 Å². The van der Waals surface area contributed by atoms with Crippen LogP contribution in [0.5, 0.6) is 0 Å². The standard InChI is InChI=1S/C14H27N3O3/c1-4-16(5-2)8-11(3)15-14(20)17(10-13(18)19)9-12-6-7-12/h11-12H,4-10H2,1-3H3,(H,15,20)(H,18,19). The minimum Gasteiger partial charge on any atom is -0.480 e. The molecule has 0 aliphatic heterocycles. The van der Waals surface area contributed by atoms with Crippen LogP contribution in [0.1, 0.15) is 33.6 Å². The number of hydrogen-bond acceptors (Lipinski definition) is 3. The summed E-state index contributed by atoms with van der Waals surface area (Å²) in [4.78, 5) is 26.6. The highest BCUT2D eigenvalue weighted by molar-refractivity contribution is 5.80. The van der Waals surface area contributed by atoms with Gasteiger partial charge in [-0.3, -0.25) is 4.79 Å². The molecule has 0 radical (unpaired) electrons. The average molecular weight is 285 g/mol. The number of hydrogen-bond donors (Lipinski definition) is 2. The van der Waals surface area contributed by atoms with Crippen LogP contribution in [-0.4, -0.2) is 65.7 Å². The van der Waals surface area contributed by atoms with Crippen LogP contribution in [0.2, 0.25) is 0 Å². The van der Waals surface area contributed by atoms with Gasteiger partial charge in [0.15, 0.2) is 0 Å². The summed E-state index contributed by atoms with van der Waals surface area (Å²) < 4.78 is 0. The van der Waals surface area contributed by atoms with Crippen molar-refractivity contribution >= 4 is 12.0 Å². The van der Waals surface area contributed by atoms with Gasteiger partial charge in [0.2, 0.25) is 0 Å². The van der Waals surface area contributed by atoms with Gasteiger partial charge in [-0.05, 0) is 38.8 Å². The molecule has 0 spiro atoms. The number of nitrogens with zero attached hydrogens (tertiary/aromatic N) is 2. The molecule has 0 aromatic heterocycles. The first-order chi connectivity index (χ1) is 9.46. The van der Waals surface area contributed by atoms with E-state index in [0.717, 1.165) is 32.5 Å². The monoisotopic (exact) mass is 285 g/mol. The number of amides is 2. The van der Waals surface area contributed by atoms with Crippen LogP contribution in [0, 0.1) is 5.92 Å². The zero-order valence-corrected chi connectivity index (χ0v) is 12.8. The highest BCUT2D eigenvalue weighted by Gasteiger charge is 2.28. The molecular weight excluding hydrogens is 258 g/mol. The third-order valence-corrected chi connectivity index (χ3v) is 3.59.